The maximum atomic E-state index is 14.0. The number of halogens is 1. The predicted molar refractivity (Wildman–Crippen MR) is 117 cm³/mol. The quantitative estimate of drug-likeness (QED) is 0.315. The molecule has 1 aromatic carbocycles. The zero-order valence-corrected chi connectivity index (χ0v) is 18.3. The Morgan fingerprint density at radius 3 is 2.90 bits per heavy atom. The number of aromatic nitrogens is 3. The van der Waals surface area contributed by atoms with E-state index in [4.69, 9.17) is 10.6 Å². The van der Waals surface area contributed by atoms with Crippen molar-refractivity contribution in [1.29, 1.82) is 0 Å². The Balaban J connectivity index is 1.45. The SMILES string of the molecule is CCOC(=O)c1c(NC(=O)CSc2nnc(-c3ccccc3F)n2N)sc2c1CCC2. The summed E-state index contributed by atoms with van der Waals surface area (Å²) in [6.07, 6.45) is 2.69. The number of fused-ring (bicyclic) bond motifs is 1. The van der Waals surface area contributed by atoms with Gasteiger partial charge in [-0.05, 0) is 43.9 Å². The molecule has 1 amide bonds. The van der Waals surface area contributed by atoms with Crippen LogP contribution in [-0.2, 0) is 22.4 Å². The molecule has 0 unspecified atom stereocenters. The molecule has 0 bridgehead atoms. The van der Waals surface area contributed by atoms with Gasteiger partial charge in [0.05, 0.1) is 23.5 Å². The summed E-state index contributed by atoms with van der Waals surface area (Å²) in [5.74, 6) is 4.97. The molecule has 0 aliphatic heterocycles. The normalized spacial score (nSPS) is 12.6. The molecule has 0 saturated heterocycles. The van der Waals surface area contributed by atoms with Crippen LogP contribution in [-0.4, -0.2) is 39.1 Å². The average molecular weight is 462 g/mol. The number of nitrogens with one attached hydrogen (secondary N) is 1. The number of aryl methyl sites for hydroxylation is 1. The van der Waals surface area contributed by atoms with Crippen LogP contribution in [0, 0.1) is 5.82 Å². The lowest BCUT2D eigenvalue weighted by Crippen LogP contribution is -2.18. The second-order valence-electron chi connectivity index (χ2n) is 6.77. The van der Waals surface area contributed by atoms with Crippen molar-refractivity contribution in [2.75, 3.05) is 23.5 Å². The van der Waals surface area contributed by atoms with E-state index >= 15 is 0 Å². The number of ether oxygens (including phenoxy) is 1. The maximum absolute atomic E-state index is 14.0. The minimum atomic E-state index is -0.465. The van der Waals surface area contributed by atoms with E-state index in [9.17, 15) is 14.0 Å². The third-order valence-electron chi connectivity index (χ3n) is 4.77. The summed E-state index contributed by atoms with van der Waals surface area (Å²) >= 11 is 2.49. The first-order chi connectivity index (χ1) is 15.0. The van der Waals surface area contributed by atoms with E-state index in [-0.39, 0.29) is 34.8 Å². The minimum absolute atomic E-state index is 0.00254. The Hall–Kier alpha value is -2.92. The summed E-state index contributed by atoms with van der Waals surface area (Å²) in [4.78, 5) is 26.1. The number of carbonyl (C=O) groups excluding carboxylic acids is 2. The number of thioether (sulfide) groups is 1. The summed E-state index contributed by atoms with van der Waals surface area (Å²) in [6, 6.07) is 6.11. The average Bonchev–Trinajstić information content (AvgIpc) is 3.42. The van der Waals surface area contributed by atoms with Gasteiger partial charge in [-0.3, -0.25) is 4.79 Å². The van der Waals surface area contributed by atoms with Crippen LogP contribution in [0.3, 0.4) is 0 Å². The van der Waals surface area contributed by atoms with Crippen LogP contribution < -0.4 is 11.2 Å². The van der Waals surface area contributed by atoms with Gasteiger partial charge in [-0.1, -0.05) is 23.9 Å². The van der Waals surface area contributed by atoms with E-state index in [2.05, 4.69) is 15.5 Å². The van der Waals surface area contributed by atoms with Gasteiger partial charge < -0.3 is 15.9 Å². The Kier molecular flexibility index (Phi) is 6.23. The highest BCUT2D eigenvalue weighted by Gasteiger charge is 2.28. The first-order valence-corrected chi connectivity index (χ1v) is 11.5. The zero-order chi connectivity index (χ0) is 22.0. The monoisotopic (exact) mass is 461 g/mol. The van der Waals surface area contributed by atoms with Gasteiger partial charge in [-0.15, -0.1) is 21.5 Å². The van der Waals surface area contributed by atoms with Crippen LogP contribution in [0.2, 0.25) is 0 Å². The number of carbonyl (C=O) groups is 2. The molecule has 1 aliphatic rings. The molecular formula is C20H20FN5O3S2. The van der Waals surface area contributed by atoms with E-state index < -0.39 is 11.8 Å². The number of hydrogen-bond donors (Lipinski definition) is 2. The summed E-state index contributed by atoms with van der Waals surface area (Å²) in [7, 11) is 0. The van der Waals surface area contributed by atoms with Gasteiger partial charge in [0, 0.05) is 4.88 Å². The van der Waals surface area contributed by atoms with Crippen LogP contribution in [0.5, 0.6) is 0 Å². The number of nitrogens with zero attached hydrogens (tertiary/aromatic N) is 3. The highest BCUT2D eigenvalue weighted by atomic mass is 32.2. The number of esters is 1. The Morgan fingerprint density at radius 1 is 1.32 bits per heavy atom. The topological polar surface area (TPSA) is 112 Å². The van der Waals surface area contributed by atoms with Gasteiger partial charge in [-0.2, -0.15) is 0 Å². The van der Waals surface area contributed by atoms with E-state index in [0.29, 0.717) is 10.6 Å². The van der Waals surface area contributed by atoms with E-state index in [1.165, 1.54) is 17.4 Å². The molecule has 0 saturated carbocycles. The molecule has 11 heteroatoms. The Labute approximate surface area is 186 Å². The van der Waals surface area contributed by atoms with E-state index in [0.717, 1.165) is 46.1 Å². The predicted octanol–water partition coefficient (Wildman–Crippen LogP) is 3.26. The van der Waals surface area contributed by atoms with Crippen molar-refractivity contribution in [1.82, 2.24) is 14.9 Å². The molecule has 0 radical (unpaired) electrons. The number of rotatable bonds is 7. The molecular weight excluding hydrogens is 441 g/mol. The van der Waals surface area contributed by atoms with Gasteiger partial charge in [0.25, 0.3) is 0 Å². The molecule has 0 atom stereocenters. The fraction of sp³-hybridized carbons (Fsp3) is 0.300. The molecule has 3 N–H and O–H groups in total. The number of nitrogen functional groups attached to an aromatic ring is 1. The smallest absolute Gasteiger partial charge is 0.341 e. The zero-order valence-electron chi connectivity index (χ0n) is 16.7. The number of amides is 1. The van der Waals surface area contributed by atoms with Crippen LogP contribution in [0.1, 0.15) is 34.1 Å². The molecule has 31 heavy (non-hydrogen) atoms. The molecule has 0 spiro atoms. The summed E-state index contributed by atoms with van der Waals surface area (Å²) in [6.45, 7) is 2.01. The van der Waals surface area contributed by atoms with Crippen LogP contribution in [0.15, 0.2) is 29.4 Å². The van der Waals surface area contributed by atoms with Gasteiger partial charge >= 0.3 is 5.97 Å². The van der Waals surface area contributed by atoms with E-state index in [1.54, 1.807) is 25.1 Å². The number of benzene rings is 1. The Bertz CT molecular complexity index is 1140. The second-order valence-corrected chi connectivity index (χ2v) is 8.82. The molecule has 3 aromatic rings. The summed E-state index contributed by atoms with van der Waals surface area (Å²) < 4.78 is 20.3. The molecule has 8 nitrogen and oxygen atoms in total. The van der Waals surface area contributed by atoms with Crippen molar-refractivity contribution in [3.05, 3.63) is 46.1 Å². The van der Waals surface area contributed by atoms with Gasteiger partial charge in [-0.25, -0.2) is 13.9 Å². The van der Waals surface area contributed by atoms with Crippen molar-refractivity contribution in [3.63, 3.8) is 0 Å². The van der Waals surface area contributed by atoms with Crippen molar-refractivity contribution in [2.45, 2.75) is 31.3 Å². The van der Waals surface area contributed by atoms with Gasteiger partial charge in [0.15, 0.2) is 5.82 Å². The molecule has 4 rings (SSSR count). The first kappa shape index (κ1) is 21.3. The molecule has 2 heterocycles. The third kappa shape index (κ3) is 4.28. The molecule has 1 aliphatic carbocycles. The number of hydrogen-bond acceptors (Lipinski definition) is 8. The Morgan fingerprint density at radius 2 is 2.13 bits per heavy atom. The fourth-order valence-electron chi connectivity index (χ4n) is 3.41. The number of anilines is 1. The highest BCUT2D eigenvalue weighted by molar-refractivity contribution is 7.99. The fourth-order valence-corrected chi connectivity index (χ4v) is 5.36. The van der Waals surface area contributed by atoms with Crippen molar-refractivity contribution < 1.29 is 18.7 Å². The lowest BCUT2D eigenvalue weighted by molar-refractivity contribution is -0.113. The minimum Gasteiger partial charge on any atom is -0.462 e. The molecule has 0 fully saturated rings. The van der Waals surface area contributed by atoms with Crippen molar-refractivity contribution in [2.24, 2.45) is 0 Å². The number of nitrogens with two attached hydrogens (primary N) is 1. The molecule has 2 aromatic heterocycles. The van der Waals surface area contributed by atoms with Gasteiger partial charge in [0.1, 0.15) is 10.8 Å². The van der Waals surface area contributed by atoms with Crippen LogP contribution in [0.25, 0.3) is 11.4 Å². The van der Waals surface area contributed by atoms with E-state index in [1.807, 2.05) is 0 Å². The van der Waals surface area contributed by atoms with Crippen molar-refractivity contribution >= 4 is 40.0 Å². The number of thiophene rings is 1. The van der Waals surface area contributed by atoms with Gasteiger partial charge in [0.2, 0.25) is 11.1 Å². The van der Waals surface area contributed by atoms with Crippen LogP contribution >= 0.6 is 23.1 Å². The standard InChI is InChI=1S/C20H20FN5O3S2/c1-2-29-19(28)16-12-7-5-9-14(12)31-18(16)23-15(27)10-30-20-25-24-17(26(20)22)11-6-3-4-8-13(11)21/h3-4,6,8H,2,5,7,9-10,22H2,1H3,(H,23,27). The summed E-state index contributed by atoms with van der Waals surface area (Å²) in [5.41, 5.74) is 1.66. The maximum Gasteiger partial charge on any atom is 0.341 e. The lowest BCUT2D eigenvalue weighted by atomic mass is 10.1. The third-order valence-corrected chi connectivity index (χ3v) is 6.92. The van der Waals surface area contributed by atoms with Crippen LogP contribution in [0.4, 0.5) is 9.39 Å². The first-order valence-electron chi connectivity index (χ1n) is 9.69. The second kappa shape index (κ2) is 9.06. The summed E-state index contributed by atoms with van der Waals surface area (Å²) in [5, 5.41) is 11.5. The highest BCUT2D eigenvalue weighted by Crippen LogP contribution is 2.39. The molecule has 162 valence electrons. The lowest BCUT2D eigenvalue weighted by Gasteiger charge is -2.08. The largest absolute Gasteiger partial charge is 0.462 e. The van der Waals surface area contributed by atoms with Crippen molar-refractivity contribution in [3.8, 4) is 11.4 Å².